The van der Waals surface area contributed by atoms with E-state index in [0.717, 1.165) is 60.1 Å². The van der Waals surface area contributed by atoms with Gasteiger partial charge in [-0.2, -0.15) is 5.10 Å². The molecule has 0 atom stereocenters. The molecule has 146 valence electrons. The summed E-state index contributed by atoms with van der Waals surface area (Å²) in [5.74, 6) is 0. The summed E-state index contributed by atoms with van der Waals surface area (Å²) in [5, 5.41) is 9.59. The second-order valence-electron chi connectivity index (χ2n) is 8.37. The fourth-order valence-electron chi connectivity index (χ4n) is 4.94. The van der Waals surface area contributed by atoms with E-state index in [1.807, 2.05) is 11.7 Å². The van der Waals surface area contributed by atoms with Crippen LogP contribution in [0.3, 0.4) is 0 Å². The normalized spacial score (nSPS) is 17.3. The van der Waals surface area contributed by atoms with Crippen molar-refractivity contribution in [1.82, 2.24) is 20.1 Å². The van der Waals surface area contributed by atoms with E-state index < -0.39 is 0 Å². The van der Waals surface area contributed by atoms with Crippen molar-refractivity contribution in [2.75, 3.05) is 0 Å². The summed E-state index contributed by atoms with van der Waals surface area (Å²) in [6, 6.07) is 9.44. The number of hydrogen-bond acceptors (Lipinski definition) is 3. The van der Waals surface area contributed by atoms with Crippen molar-refractivity contribution in [3.05, 3.63) is 51.3 Å². The van der Waals surface area contributed by atoms with Crippen LogP contribution >= 0.6 is 0 Å². The molecule has 0 unspecified atom stereocenters. The van der Waals surface area contributed by atoms with Crippen molar-refractivity contribution >= 4 is 11.0 Å². The molecule has 0 spiro atoms. The molecular formula is C23H28N4O. The largest absolute Gasteiger partial charge is 0.310 e. The van der Waals surface area contributed by atoms with Crippen LogP contribution in [0.2, 0.25) is 0 Å². The Hall–Kier alpha value is -2.40. The highest BCUT2D eigenvalue weighted by Gasteiger charge is 2.22. The van der Waals surface area contributed by atoms with Gasteiger partial charge in [0, 0.05) is 36.1 Å². The smallest absolute Gasteiger partial charge is 0.253 e. The number of benzene rings is 1. The molecule has 2 aliphatic carbocycles. The highest BCUT2D eigenvalue weighted by Crippen LogP contribution is 2.33. The number of nitrogens with one attached hydrogen (secondary N) is 2. The molecule has 2 heterocycles. The van der Waals surface area contributed by atoms with Gasteiger partial charge in [0.05, 0.1) is 0 Å². The topological polar surface area (TPSA) is 62.7 Å². The van der Waals surface area contributed by atoms with Gasteiger partial charge < -0.3 is 10.3 Å². The first-order chi connectivity index (χ1) is 13.7. The van der Waals surface area contributed by atoms with Crippen LogP contribution in [0.4, 0.5) is 0 Å². The van der Waals surface area contributed by atoms with E-state index in [0.29, 0.717) is 6.04 Å². The zero-order chi connectivity index (χ0) is 19.1. The molecule has 0 saturated heterocycles. The third kappa shape index (κ3) is 3.08. The van der Waals surface area contributed by atoms with Crippen molar-refractivity contribution in [2.45, 2.75) is 64.0 Å². The molecule has 1 fully saturated rings. The summed E-state index contributed by atoms with van der Waals surface area (Å²) in [4.78, 5) is 15.6. The van der Waals surface area contributed by atoms with Crippen LogP contribution in [0.25, 0.3) is 22.3 Å². The van der Waals surface area contributed by atoms with Crippen LogP contribution < -0.4 is 10.9 Å². The second-order valence-corrected chi connectivity index (χ2v) is 8.37. The first-order valence-electron chi connectivity index (χ1n) is 10.6. The molecule has 0 amide bonds. The molecule has 5 nitrogen and oxygen atoms in total. The van der Waals surface area contributed by atoms with Crippen molar-refractivity contribution in [3.63, 3.8) is 0 Å². The second kappa shape index (κ2) is 7.21. The van der Waals surface area contributed by atoms with Crippen molar-refractivity contribution in [1.29, 1.82) is 0 Å². The SMILES string of the molecule is Cn1nc(-c2ccc(CNC3CCCC3)cc2)c2c3c(c(=O)[nH]c21)CCCC3. The maximum atomic E-state index is 12.5. The molecule has 1 saturated carbocycles. The number of H-pyrrole nitrogens is 1. The average Bonchev–Trinajstić information content (AvgIpc) is 3.36. The Morgan fingerprint density at radius 1 is 1.07 bits per heavy atom. The lowest BCUT2D eigenvalue weighted by Gasteiger charge is -2.16. The highest BCUT2D eigenvalue weighted by atomic mass is 16.1. The molecule has 0 bridgehead atoms. The quantitative estimate of drug-likeness (QED) is 0.727. The summed E-state index contributed by atoms with van der Waals surface area (Å²) < 4.78 is 1.82. The number of hydrogen-bond donors (Lipinski definition) is 2. The highest BCUT2D eigenvalue weighted by molar-refractivity contribution is 5.94. The summed E-state index contributed by atoms with van der Waals surface area (Å²) in [6.07, 6.45) is 9.41. The van der Waals surface area contributed by atoms with Crippen LogP contribution in [0.5, 0.6) is 0 Å². The summed E-state index contributed by atoms with van der Waals surface area (Å²) >= 11 is 0. The number of fused-ring (bicyclic) bond motifs is 3. The Balaban J connectivity index is 1.49. The predicted molar refractivity (Wildman–Crippen MR) is 113 cm³/mol. The first kappa shape index (κ1) is 17.7. The van der Waals surface area contributed by atoms with Crippen molar-refractivity contribution in [2.24, 2.45) is 7.05 Å². The van der Waals surface area contributed by atoms with Crippen LogP contribution in [-0.2, 0) is 26.4 Å². The molecule has 2 aromatic heterocycles. The lowest BCUT2D eigenvalue weighted by Crippen LogP contribution is -2.25. The molecule has 28 heavy (non-hydrogen) atoms. The minimum absolute atomic E-state index is 0.0603. The molecular weight excluding hydrogens is 348 g/mol. The molecule has 1 aromatic carbocycles. The van der Waals surface area contributed by atoms with E-state index >= 15 is 0 Å². The minimum Gasteiger partial charge on any atom is -0.310 e. The summed E-state index contributed by atoms with van der Waals surface area (Å²) in [5.41, 5.74) is 6.49. The van der Waals surface area contributed by atoms with E-state index in [4.69, 9.17) is 5.10 Å². The summed E-state index contributed by atoms with van der Waals surface area (Å²) in [7, 11) is 1.91. The maximum Gasteiger partial charge on any atom is 0.253 e. The van der Waals surface area contributed by atoms with Gasteiger partial charge in [-0.25, -0.2) is 0 Å². The average molecular weight is 377 g/mol. The van der Waals surface area contributed by atoms with E-state index in [2.05, 4.69) is 34.6 Å². The number of aromatic amines is 1. The van der Waals surface area contributed by atoms with E-state index in [-0.39, 0.29) is 5.56 Å². The Bertz CT molecular complexity index is 1050. The lowest BCUT2D eigenvalue weighted by atomic mass is 9.89. The Kier molecular flexibility index (Phi) is 4.55. The van der Waals surface area contributed by atoms with Crippen LogP contribution in [0, 0.1) is 0 Å². The number of aromatic nitrogens is 3. The third-order valence-electron chi connectivity index (χ3n) is 6.50. The van der Waals surface area contributed by atoms with Gasteiger partial charge in [0.15, 0.2) is 0 Å². The molecule has 0 radical (unpaired) electrons. The zero-order valence-corrected chi connectivity index (χ0v) is 16.6. The van der Waals surface area contributed by atoms with Crippen LogP contribution in [-0.4, -0.2) is 20.8 Å². The van der Waals surface area contributed by atoms with Gasteiger partial charge in [0.1, 0.15) is 11.3 Å². The Labute approximate surface area is 165 Å². The van der Waals surface area contributed by atoms with Gasteiger partial charge in [0.2, 0.25) is 0 Å². The number of rotatable bonds is 4. The predicted octanol–water partition coefficient (Wildman–Crippen LogP) is 3.84. The standard InChI is InChI=1S/C23H28N4O/c1-27-22-20(18-8-4-5-9-19(18)23(28)25-22)21(26-27)16-12-10-15(11-13-16)14-24-17-6-2-3-7-17/h10-13,17,24H,2-9,14H2,1H3,(H,25,28). The maximum absolute atomic E-state index is 12.5. The van der Waals surface area contributed by atoms with E-state index in [1.165, 1.54) is 36.8 Å². The molecule has 2 N–H and O–H groups in total. The van der Waals surface area contributed by atoms with Crippen molar-refractivity contribution in [3.8, 4) is 11.3 Å². The Morgan fingerprint density at radius 2 is 1.79 bits per heavy atom. The van der Waals surface area contributed by atoms with E-state index in [9.17, 15) is 4.79 Å². The monoisotopic (exact) mass is 376 g/mol. The van der Waals surface area contributed by atoms with Gasteiger partial charge in [0.25, 0.3) is 5.56 Å². The molecule has 2 aliphatic rings. The van der Waals surface area contributed by atoms with Gasteiger partial charge in [-0.1, -0.05) is 37.1 Å². The minimum atomic E-state index is 0.0603. The molecule has 0 aliphatic heterocycles. The van der Waals surface area contributed by atoms with Crippen LogP contribution in [0.15, 0.2) is 29.1 Å². The Morgan fingerprint density at radius 3 is 2.54 bits per heavy atom. The van der Waals surface area contributed by atoms with Gasteiger partial charge in [-0.15, -0.1) is 0 Å². The first-order valence-corrected chi connectivity index (χ1v) is 10.6. The van der Waals surface area contributed by atoms with E-state index in [1.54, 1.807) is 0 Å². The zero-order valence-electron chi connectivity index (χ0n) is 16.6. The summed E-state index contributed by atoms with van der Waals surface area (Å²) in [6.45, 7) is 0.927. The lowest BCUT2D eigenvalue weighted by molar-refractivity contribution is 0.524. The number of nitrogens with zero attached hydrogens (tertiary/aromatic N) is 2. The number of pyridine rings is 1. The van der Waals surface area contributed by atoms with Crippen LogP contribution in [0.1, 0.15) is 55.2 Å². The molecule has 5 heteroatoms. The fourth-order valence-corrected chi connectivity index (χ4v) is 4.94. The van der Waals surface area contributed by atoms with Gasteiger partial charge in [-0.05, 0) is 49.7 Å². The van der Waals surface area contributed by atoms with Crippen molar-refractivity contribution < 1.29 is 0 Å². The number of aryl methyl sites for hydroxylation is 2. The fraction of sp³-hybridized carbons (Fsp3) is 0.478. The third-order valence-corrected chi connectivity index (χ3v) is 6.50. The van der Waals surface area contributed by atoms with Gasteiger partial charge in [-0.3, -0.25) is 9.48 Å². The molecule has 5 rings (SSSR count). The van der Waals surface area contributed by atoms with Gasteiger partial charge >= 0.3 is 0 Å². The molecule has 3 aromatic rings.